The standard InChI is InChI=1S/C22H27FN6O3/c1-26(2)20-21(25-10-9-24-20)32-16-6-5-11-27(14-16)19(30)15-28-12-13-29(22(28)31)18-8-4-3-7-17(18)23/h3-4,7-10,16H,5-6,11-15H2,1-2H3. The van der Waals surface area contributed by atoms with Crippen molar-refractivity contribution in [3.8, 4) is 5.88 Å². The Morgan fingerprint density at radius 3 is 2.75 bits per heavy atom. The van der Waals surface area contributed by atoms with Crippen LogP contribution in [0.4, 0.5) is 20.7 Å². The molecule has 9 nitrogen and oxygen atoms in total. The number of ether oxygens (including phenoxy) is 1. The summed E-state index contributed by atoms with van der Waals surface area (Å²) in [6.07, 6.45) is 4.58. The van der Waals surface area contributed by atoms with Gasteiger partial charge in [-0.1, -0.05) is 12.1 Å². The number of hydrogen-bond donors (Lipinski definition) is 0. The van der Waals surface area contributed by atoms with Gasteiger partial charge in [-0.3, -0.25) is 9.69 Å². The number of piperidine rings is 1. The molecule has 3 amide bonds. The third-order valence-electron chi connectivity index (χ3n) is 5.64. The second kappa shape index (κ2) is 9.37. The van der Waals surface area contributed by atoms with E-state index in [1.807, 2.05) is 19.0 Å². The number of para-hydroxylation sites is 1. The zero-order valence-electron chi connectivity index (χ0n) is 18.3. The fraction of sp³-hybridized carbons (Fsp3) is 0.455. The first-order valence-corrected chi connectivity index (χ1v) is 10.7. The Balaban J connectivity index is 1.36. The zero-order chi connectivity index (χ0) is 22.7. The van der Waals surface area contributed by atoms with Gasteiger partial charge in [-0.05, 0) is 25.0 Å². The van der Waals surface area contributed by atoms with E-state index < -0.39 is 5.82 Å². The summed E-state index contributed by atoms with van der Waals surface area (Å²) in [4.78, 5) is 40.7. The number of likely N-dealkylation sites (tertiary alicyclic amines) is 1. The van der Waals surface area contributed by atoms with E-state index in [4.69, 9.17) is 4.74 Å². The minimum Gasteiger partial charge on any atom is -0.470 e. The van der Waals surface area contributed by atoms with E-state index in [2.05, 4.69) is 9.97 Å². The van der Waals surface area contributed by atoms with E-state index in [-0.39, 0.29) is 30.3 Å². The second-order valence-corrected chi connectivity index (χ2v) is 8.11. The number of hydrogen-bond acceptors (Lipinski definition) is 6. The van der Waals surface area contributed by atoms with E-state index in [0.29, 0.717) is 37.9 Å². The van der Waals surface area contributed by atoms with Crippen molar-refractivity contribution < 1.29 is 18.7 Å². The minimum atomic E-state index is -0.453. The Morgan fingerprint density at radius 2 is 1.97 bits per heavy atom. The first kappa shape index (κ1) is 21.8. The average Bonchev–Trinajstić information content (AvgIpc) is 3.14. The first-order chi connectivity index (χ1) is 15.4. The Bertz CT molecular complexity index is 988. The second-order valence-electron chi connectivity index (χ2n) is 8.11. The molecule has 1 unspecified atom stereocenters. The van der Waals surface area contributed by atoms with Gasteiger partial charge < -0.3 is 19.4 Å². The Hall–Kier alpha value is -3.43. The predicted octanol–water partition coefficient (Wildman–Crippen LogP) is 1.99. The molecule has 0 aliphatic carbocycles. The van der Waals surface area contributed by atoms with E-state index >= 15 is 0 Å². The number of carbonyl (C=O) groups is 2. The molecule has 0 bridgehead atoms. The Kier molecular flexibility index (Phi) is 6.38. The number of anilines is 2. The highest BCUT2D eigenvalue weighted by Gasteiger charge is 2.34. The number of carbonyl (C=O) groups excluding carboxylic acids is 2. The van der Waals surface area contributed by atoms with Crippen LogP contribution in [-0.2, 0) is 4.79 Å². The molecule has 1 aromatic carbocycles. The summed E-state index contributed by atoms with van der Waals surface area (Å²) >= 11 is 0. The maximum atomic E-state index is 14.1. The van der Waals surface area contributed by atoms with Gasteiger partial charge in [0.05, 0.1) is 12.2 Å². The van der Waals surface area contributed by atoms with E-state index in [9.17, 15) is 14.0 Å². The molecule has 4 rings (SSSR count). The summed E-state index contributed by atoms with van der Waals surface area (Å²) in [5, 5.41) is 0. The lowest BCUT2D eigenvalue weighted by Gasteiger charge is -2.34. The third-order valence-corrected chi connectivity index (χ3v) is 5.64. The van der Waals surface area contributed by atoms with Crippen molar-refractivity contribution >= 4 is 23.4 Å². The molecule has 10 heteroatoms. The predicted molar refractivity (Wildman–Crippen MR) is 117 cm³/mol. The number of benzene rings is 1. The van der Waals surface area contributed by atoms with E-state index in [1.165, 1.54) is 15.9 Å². The van der Waals surface area contributed by atoms with Crippen LogP contribution in [0, 0.1) is 5.82 Å². The van der Waals surface area contributed by atoms with Crippen LogP contribution in [0.2, 0.25) is 0 Å². The van der Waals surface area contributed by atoms with Gasteiger partial charge in [-0.25, -0.2) is 19.2 Å². The largest absolute Gasteiger partial charge is 0.470 e. The van der Waals surface area contributed by atoms with Crippen molar-refractivity contribution in [1.82, 2.24) is 19.8 Å². The Labute approximate surface area is 186 Å². The molecule has 0 spiro atoms. The molecule has 2 fully saturated rings. The van der Waals surface area contributed by atoms with Crippen LogP contribution in [-0.4, -0.2) is 84.6 Å². The summed E-state index contributed by atoms with van der Waals surface area (Å²) in [7, 11) is 3.73. The molecule has 3 heterocycles. The van der Waals surface area contributed by atoms with Crippen molar-refractivity contribution in [2.75, 3.05) is 56.6 Å². The molecule has 0 saturated carbocycles. The maximum absolute atomic E-state index is 14.1. The summed E-state index contributed by atoms with van der Waals surface area (Å²) in [5.41, 5.74) is 0.236. The molecule has 1 atom stereocenters. The third kappa shape index (κ3) is 4.58. The van der Waals surface area contributed by atoms with Crippen LogP contribution in [0.5, 0.6) is 5.88 Å². The summed E-state index contributed by atoms with van der Waals surface area (Å²) in [6.45, 7) is 1.71. The van der Waals surface area contributed by atoms with Crippen molar-refractivity contribution in [1.29, 1.82) is 0 Å². The average molecular weight is 442 g/mol. The fourth-order valence-corrected chi connectivity index (χ4v) is 4.01. The SMILES string of the molecule is CN(C)c1nccnc1OC1CCCN(C(=O)CN2CCN(c3ccccc3F)C2=O)C1. The van der Waals surface area contributed by atoms with Crippen molar-refractivity contribution in [3.63, 3.8) is 0 Å². The van der Waals surface area contributed by atoms with Gasteiger partial charge >= 0.3 is 6.03 Å². The van der Waals surface area contributed by atoms with Gasteiger partial charge in [0.2, 0.25) is 5.91 Å². The van der Waals surface area contributed by atoms with Gasteiger partial charge in [0, 0.05) is 46.1 Å². The first-order valence-electron chi connectivity index (χ1n) is 10.7. The lowest BCUT2D eigenvalue weighted by Crippen LogP contribution is -2.48. The van der Waals surface area contributed by atoms with Crippen molar-refractivity contribution in [3.05, 3.63) is 42.5 Å². The molecule has 32 heavy (non-hydrogen) atoms. The highest BCUT2D eigenvalue weighted by molar-refractivity contribution is 5.96. The van der Waals surface area contributed by atoms with E-state index in [0.717, 1.165) is 12.8 Å². The smallest absolute Gasteiger partial charge is 0.325 e. The number of rotatable bonds is 6. The van der Waals surface area contributed by atoms with Crippen LogP contribution in [0.25, 0.3) is 0 Å². The molecular formula is C22H27FN6O3. The lowest BCUT2D eigenvalue weighted by atomic mass is 10.1. The number of aromatic nitrogens is 2. The topological polar surface area (TPSA) is 82.1 Å². The van der Waals surface area contributed by atoms with Gasteiger partial charge in [-0.2, -0.15) is 0 Å². The molecule has 2 saturated heterocycles. The van der Waals surface area contributed by atoms with Crippen LogP contribution in [0.3, 0.4) is 0 Å². The highest BCUT2D eigenvalue weighted by Crippen LogP contribution is 2.25. The van der Waals surface area contributed by atoms with Crippen molar-refractivity contribution in [2.24, 2.45) is 0 Å². The zero-order valence-corrected chi connectivity index (χ0v) is 18.3. The molecule has 2 aromatic rings. The molecule has 0 radical (unpaired) electrons. The summed E-state index contributed by atoms with van der Waals surface area (Å²) < 4.78 is 20.1. The van der Waals surface area contributed by atoms with Crippen LogP contribution < -0.4 is 14.5 Å². The molecule has 2 aliphatic heterocycles. The molecule has 2 aliphatic rings. The van der Waals surface area contributed by atoms with Crippen LogP contribution in [0.15, 0.2) is 36.7 Å². The number of nitrogens with zero attached hydrogens (tertiary/aromatic N) is 6. The molecule has 170 valence electrons. The maximum Gasteiger partial charge on any atom is 0.325 e. The fourth-order valence-electron chi connectivity index (χ4n) is 4.01. The van der Waals surface area contributed by atoms with Gasteiger partial charge in [0.1, 0.15) is 18.5 Å². The van der Waals surface area contributed by atoms with Crippen molar-refractivity contribution in [2.45, 2.75) is 18.9 Å². The summed E-state index contributed by atoms with van der Waals surface area (Å²) in [5.74, 6) is 0.471. The monoisotopic (exact) mass is 442 g/mol. The van der Waals surface area contributed by atoms with Gasteiger partial charge in [-0.15, -0.1) is 0 Å². The number of halogens is 1. The Morgan fingerprint density at radius 1 is 1.19 bits per heavy atom. The number of amides is 3. The highest BCUT2D eigenvalue weighted by atomic mass is 19.1. The van der Waals surface area contributed by atoms with E-state index in [1.54, 1.807) is 35.5 Å². The van der Waals surface area contributed by atoms with Crippen LogP contribution >= 0.6 is 0 Å². The minimum absolute atomic E-state index is 0.0371. The summed E-state index contributed by atoms with van der Waals surface area (Å²) in [6, 6.07) is 5.80. The van der Waals surface area contributed by atoms with Crippen LogP contribution in [0.1, 0.15) is 12.8 Å². The molecule has 1 aromatic heterocycles. The molecular weight excluding hydrogens is 415 g/mol. The van der Waals surface area contributed by atoms with Gasteiger partial charge in [0.25, 0.3) is 5.88 Å². The molecule has 0 N–H and O–H groups in total. The lowest BCUT2D eigenvalue weighted by molar-refractivity contribution is -0.134. The number of urea groups is 1. The quantitative estimate of drug-likeness (QED) is 0.681. The van der Waals surface area contributed by atoms with Gasteiger partial charge in [0.15, 0.2) is 5.82 Å². The normalized spacial score (nSPS) is 18.8.